The molecule has 1 aliphatic rings. The standard InChI is InChI=1S/C15H24N6O6/c1-10-11(2)17-23-8-25-19-14(5)15(6)21-27-9-26-20-13(4)12(3)18-24-7-22-16-10/h7-9H2,1-6H3/b16-10-,17-11+,18-12+,19-14+,20-13+,21-15-. The molecule has 0 N–H and O–H groups in total. The quantitative estimate of drug-likeness (QED) is 0.629. The van der Waals surface area contributed by atoms with Gasteiger partial charge < -0.3 is 29.0 Å². The highest BCUT2D eigenvalue weighted by molar-refractivity contribution is 6.41. The molecule has 0 atom stereocenters. The van der Waals surface area contributed by atoms with Crippen molar-refractivity contribution in [1.82, 2.24) is 0 Å². The highest BCUT2D eigenvalue weighted by atomic mass is 16.8. The lowest BCUT2D eigenvalue weighted by Crippen LogP contribution is -2.09. The summed E-state index contributed by atoms with van der Waals surface area (Å²) < 4.78 is 0. The van der Waals surface area contributed by atoms with Gasteiger partial charge in [0.1, 0.15) is 34.3 Å². The highest BCUT2D eigenvalue weighted by Gasteiger charge is 2.02. The van der Waals surface area contributed by atoms with E-state index >= 15 is 0 Å². The maximum atomic E-state index is 4.99. The average Bonchev–Trinajstić information content (AvgIpc) is 2.65. The molecule has 12 heteroatoms. The number of hydrogen-bond donors (Lipinski definition) is 0. The summed E-state index contributed by atoms with van der Waals surface area (Å²) in [6.07, 6.45) is 0. The third-order valence-corrected chi connectivity index (χ3v) is 3.10. The summed E-state index contributed by atoms with van der Waals surface area (Å²) in [5.41, 5.74) is 2.98. The topological polar surface area (TPSA) is 130 Å². The molecule has 1 aliphatic heterocycles. The first-order valence-corrected chi connectivity index (χ1v) is 7.92. The third kappa shape index (κ3) is 9.18. The van der Waals surface area contributed by atoms with Crippen LogP contribution in [0.1, 0.15) is 41.5 Å². The summed E-state index contributed by atoms with van der Waals surface area (Å²) in [4.78, 5) is 29.9. The Morgan fingerprint density at radius 1 is 0.370 bits per heavy atom. The summed E-state index contributed by atoms with van der Waals surface area (Å²) in [6.45, 7) is 9.62. The monoisotopic (exact) mass is 384 g/mol. The van der Waals surface area contributed by atoms with E-state index in [0.717, 1.165) is 0 Å². The third-order valence-electron chi connectivity index (χ3n) is 3.10. The molecule has 150 valence electrons. The minimum Gasteiger partial charge on any atom is -0.351 e. The minimum atomic E-state index is -0.189. The Kier molecular flexibility index (Phi) is 9.89. The second kappa shape index (κ2) is 12.2. The highest BCUT2D eigenvalue weighted by Crippen LogP contribution is 1.94. The molecule has 0 aromatic rings. The van der Waals surface area contributed by atoms with Crippen molar-refractivity contribution in [1.29, 1.82) is 0 Å². The molecule has 0 spiro atoms. The first-order chi connectivity index (χ1) is 12.9. The van der Waals surface area contributed by atoms with Crippen molar-refractivity contribution in [2.24, 2.45) is 30.9 Å². The van der Waals surface area contributed by atoms with Gasteiger partial charge in [0, 0.05) is 0 Å². The number of hydrogen-bond acceptors (Lipinski definition) is 12. The lowest BCUT2D eigenvalue weighted by atomic mass is 10.3. The van der Waals surface area contributed by atoms with Crippen molar-refractivity contribution in [2.75, 3.05) is 20.4 Å². The maximum Gasteiger partial charge on any atom is 0.280 e. The summed E-state index contributed by atoms with van der Waals surface area (Å²) >= 11 is 0. The van der Waals surface area contributed by atoms with Crippen LogP contribution in [0, 0.1) is 0 Å². The van der Waals surface area contributed by atoms with Gasteiger partial charge in [0.25, 0.3) is 20.4 Å². The summed E-state index contributed by atoms with van der Waals surface area (Å²) in [7, 11) is 0. The molecule has 27 heavy (non-hydrogen) atoms. The van der Waals surface area contributed by atoms with E-state index in [9.17, 15) is 0 Å². The molecule has 0 fully saturated rings. The molecular formula is C15H24N6O6. The molecule has 0 radical (unpaired) electrons. The van der Waals surface area contributed by atoms with Crippen LogP contribution in [-0.2, 0) is 29.0 Å². The van der Waals surface area contributed by atoms with E-state index in [4.69, 9.17) is 29.0 Å². The molecule has 0 amide bonds. The van der Waals surface area contributed by atoms with Crippen LogP contribution in [0.5, 0.6) is 0 Å². The normalized spacial score (nSPS) is 30.0. The van der Waals surface area contributed by atoms with Crippen LogP contribution in [0.4, 0.5) is 0 Å². The van der Waals surface area contributed by atoms with Crippen molar-refractivity contribution in [2.45, 2.75) is 41.5 Å². The van der Waals surface area contributed by atoms with E-state index in [1.165, 1.54) is 0 Å². The molecule has 1 rings (SSSR count). The predicted octanol–water partition coefficient (Wildman–Crippen LogP) is 2.23. The lowest BCUT2D eigenvalue weighted by Gasteiger charge is -2.03. The first-order valence-electron chi connectivity index (χ1n) is 7.92. The van der Waals surface area contributed by atoms with Gasteiger partial charge in [-0.3, -0.25) is 0 Å². The SMILES string of the molecule is CC1=N/OCO/N=C(C)/C(C)=N/OCO/N=C(C)\C(C)=N\OCO\N=C\1C. The van der Waals surface area contributed by atoms with Gasteiger partial charge >= 0.3 is 0 Å². The van der Waals surface area contributed by atoms with E-state index in [2.05, 4.69) is 30.9 Å². The second-order valence-electron chi connectivity index (χ2n) is 5.19. The Balaban J connectivity index is 2.83. The molecule has 0 aromatic carbocycles. The van der Waals surface area contributed by atoms with Crippen LogP contribution in [0.25, 0.3) is 0 Å². The largest absolute Gasteiger partial charge is 0.351 e. The fraction of sp³-hybridized carbons (Fsp3) is 0.600. The molecule has 12 nitrogen and oxygen atoms in total. The second-order valence-corrected chi connectivity index (χ2v) is 5.19. The molecule has 0 saturated heterocycles. The zero-order valence-electron chi connectivity index (χ0n) is 16.3. The van der Waals surface area contributed by atoms with Crippen LogP contribution in [0.2, 0.25) is 0 Å². The maximum absolute atomic E-state index is 4.99. The van der Waals surface area contributed by atoms with Crippen LogP contribution >= 0.6 is 0 Å². The van der Waals surface area contributed by atoms with Crippen molar-refractivity contribution in [3.63, 3.8) is 0 Å². The number of rotatable bonds is 0. The van der Waals surface area contributed by atoms with E-state index in [-0.39, 0.29) is 20.4 Å². The van der Waals surface area contributed by atoms with Crippen molar-refractivity contribution < 1.29 is 29.0 Å². The van der Waals surface area contributed by atoms with E-state index < -0.39 is 0 Å². The Hall–Kier alpha value is -3.18. The smallest absolute Gasteiger partial charge is 0.280 e. The van der Waals surface area contributed by atoms with E-state index in [0.29, 0.717) is 34.3 Å². The molecular weight excluding hydrogens is 360 g/mol. The van der Waals surface area contributed by atoms with Gasteiger partial charge in [0.2, 0.25) is 0 Å². The van der Waals surface area contributed by atoms with Crippen molar-refractivity contribution in [3.8, 4) is 0 Å². The number of nitrogens with zero attached hydrogens (tertiary/aromatic N) is 6. The van der Waals surface area contributed by atoms with E-state index in [1.54, 1.807) is 41.5 Å². The number of oxime groups is 6. The Morgan fingerprint density at radius 3 is 0.667 bits per heavy atom. The van der Waals surface area contributed by atoms with Crippen LogP contribution in [0.3, 0.4) is 0 Å². The zero-order valence-corrected chi connectivity index (χ0v) is 16.3. The van der Waals surface area contributed by atoms with Gasteiger partial charge in [0.05, 0.1) is 0 Å². The molecule has 0 bridgehead atoms. The van der Waals surface area contributed by atoms with Crippen LogP contribution in [0.15, 0.2) is 30.9 Å². The predicted molar refractivity (Wildman–Crippen MR) is 99.8 cm³/mol. The van der Waals surface area contributed by atoms with Gasteiger partial charge in [-0.1, -0.05) is 30.9 Å². The van der Waals surface area contributed by atoms with Gasteiger partial charge in [0.15, 0.2) is 0 Å². The summed E-state index contributed by atoms with van der Waals surface area (Å²) in [5.74, 6) is 0. The fourth-order valence-corrected chi connectivity index (χ4v) is 1.21. The van der Waals surface area contributed by atoms with E-state index in [1.807, 2.05) is 0 Å². The van der Waals surface area contributed by atoms with Crippen LogP contribution in [-0.4, -0.2) is 54.6 Å². The minimum absolute atomic E-state index is 0.189. The zero-order chi connectivity index (χ0) is 20.1. The molecule has 0 aliphatic carbocycles. The van der Waals surface area contributed by atoms with Crippen LogP contribution < -0.4 is 0 Å². The van der Waals surface area contributed by atoms with Gasteiger partial charge in [-0.05, 0) is 41.5 Å². The Bertz CT molecular complexity index is 523. The first kappa shape index (κ1) is 21.9. The van der Waals surface area contributed by atoms with Gasteiger partial charge in [-0.15, -0.1) is 0 Å². The summed E-state index contributed by atoms with van der Waals surface area (Å²) in [5, 5.41) is 23.0. The lowest BCUT2D eigenvalue weighted by molar-refractivity contribution is -0.0518. The fourth-order valence-electron chi connectivity index (χ4n) is 1.21. The Morgan fingerprint density at radius 2 is 0.519 bits per heavy atom. The Labute approximate surface area is 157 Å². The molecule has 1 heterocycles. The summed E-state index contributed by atoms with van der Waals surface area (Å²) in [6, 6.07) is 0. The molecule has 0 aromatic heterocycles. The van der Waals surface area contributed by atoms with Gasteiger partial charge in [-0.25, -0.2) is 0 Å². The van der Waals surface area contributed by atoms with Gasteiger partial charge in [-0.2, -0.15) is 0 Å². The van der Waals surface area contributed by atoms with Crippen molar-refractivity contribution >= 4 is 34.3 Å². The average molecular weight is 384 g/mol. The van der Waals surface area contributed by atoms with Crippen molar-refractivity contribution in [3.05, 3.63) is 0 Å². The molecule has 0 unspecified atom stereocenters. The molecule has 0 saturated carbocycles.